The number of carbonyl (C=O) groups excluding carboxylic acids is 1. The van der Waals surface area contributed by atoms with E-state index in [1.165, 1.54) is 0 Å². The lowest BCUT2D eigenvalue weighted by Crippen LogP contribution is -2.11. The van der Waals surface area contributed by atoms with Gasteiger partial charge in [0.2, 0.25) is 0 Å². The van der Waals surface area contributed by atoms with Crippen molar-refractivity contribution in [3.63, 3.8) is 0 Å². The minimum absolute atomic E-state index is 0.539. The van der Waals surface area contributed by atoms with Crippen LogP contribution in [0.4, 0.5) is 5.69 Å². The number of hydrogen-bond donors (Lipinski definition) is 1. The Morgan fingerprint density at radius 3 is 2.38 bits per heavy atom. The fourth-order valence-corrected chi connectivity index (χ4v) is 1.05. The molecule has 1 rings (SSSR count). The predicted molar refractivity (Wildman–Crippen MR) is 53.3 cm³/mol. The zero-order valence-corrected chi connectivity index (χ0v) is 7.87. The van der Waals surface area contributed by atoms with Crippen LogP contribution < -0.4 is 10.2 Å². The van der Waals surface area contributed by atoms with Crippen LogP contribution in [0.3, 0.4) is 0 Å². The molecule has 13 heavy (non-hydrogen) atoms. The van der Waals surface area contributed by atoms with Gasteiger partial charge in [-0.15, -0.1) is 0 Å². The topological polar surface area (TPSA) is 32.3 Å². The van der Waals surface area contributed by atoms with E-state index in [2.05, 4.69) is 5.32 Å². The van der Waals surface area contributed by atoms with Crippen LogP contribution in [-0.2, 0) is 11.3 Å². The predicted octanol–water partition coefficient (Wildman–Crippen LogP) is 0.909. The van der Waals surface area contributed by atoms with Crippen LogP contribution in [0.15, 0.2) is 24.3 Å². The lowest BCUT2D eigenvalue weighted by Gasteiger charge is -2.12. The van der Waals surface area contributed by atoms with Crippen LogP contribution >= 0.6 is 0 Å². The Balaban J connectivity index is 2.64. The second-order valence-corrected chi connectivity index (χ2v) is 3.02. The average Bonchev–Trinajstić information content (AvgIpc) is 2.15. The number of benzene rings is 1. The standard InChI is InChI=1S/C10H13N2O/c1-12(2)10-5-3-9(4-6-10)7-11-8-13/h3-6H,7H2,1-2H3,(H,11,13). The van der Waals surface area contributed by atoms with Gasteiger partial charge in [0.1, 0.15) is 0 Å². The highest BCUT2D eigenvalue weighted by molar-refractivity contribution is 5.49. The Morgan fingerprint density at radius 2 is 1.92 bits per heavy atom. The summed E-state index contributed by atoms with van der Waals surface area (Å²) in [6, 6.07) is 8.00. The molecule has 0 aliphatic carbocycles. The summed E-state index contributed by atoms with van der Waals surface area (Å²) in [5, 5.41) is 2.49. The van der Waals surface area contributed by atoms with E-state index in [0.717, 1.165) is 11.3 Å². The van der Waals surface area contributed by atoms with E-state index >= 15 is 0 Å². The van der Waals surface area contributed by atoms with E-state index in [1.807, 2.05) is 43.3 Å². The molecule has 0 aromatic heterocycles. The van der Waals surface area contributed by atoms with Crippen LogP contribution in [0.5, 0.6) is 0 Å². The molecule has 1 radical (unpaired) electrons. The molecule has 69 valence electrons. The molecule has 1 amide bonds. The summed E-state index contributed by atoms with van der Waals surface area (Å²) in [5.41, 5.74) is 2.23. The molecule has 0 fully saturated rings. The van der Waals surface area contributed by atoms with Crippen molar-refractivity contribution in [1.29, 1.82) is 0 Å². The molecule has 0 bridgehead atoms. The van der Waals surface area contributed by atoms with E-state index < -0.39 is 0 Å². The summed E-state index contributed by atoms with van der Waals surface area (Å²) in [6.45, 7) is 0.539. The van der Waals surface area contributed by atoms with Gasteiger partial charge in [-0.05, 0) is 17.7 Å². The van der Waals surface area contributed by atoms with E-state index in [9.17, 15) is 4.79 Å². The third kappa shape index (κ3) is 2.78. The number of amides is 1. The van der Waals surface area contributed by atoms with Crippen molar-refractivity contribution < 1.29 is 4.79 Å². The molecule has 3 nitrogen and oxygen atoms in total. The van der Waals surface area contributed by atoms with Crippen molar-refractivity contribution in [3.05, 3.63) is 29.8 Å². The van der Waals surface area contributed by atoms with E-state index in [0.29, 0.717) is 6.54 Å². The third-order valence-electron chi connectivity index (χ3n) is 1.82. The van der Waals surface area contributed by atoms with Crippen molar-refractivity contribution in [1.82, 2.24) is 5.32 Å². The number of nitrogens with one attached hydrogen (secondary N) is 1. The van der Waals surface area contributed by atoms with E-state index in [4.69, 9.17) is 0 Å². The number of rotatable bonds is 4. The fraction of sp³-hybridized carbons (Fsp3) is 0.300. The molecule has 0 aliphatic heterocycles. The number of nitrogens with zero attached hydrogens (tertiary/aromatic N) is 1. The summed E-state index contributed by atoms with van der Waals surface area (Å²) in [4.78, 5) is 11.9. The van der Waals surface area contributed by atoms with Crippen LogP contribution in [0.2, 0.25) is 0 Å². The minimum Gasteiger partial charge on any atom is -0.378 e. The highest BCUT2D eigenvalue weighted by Crippen LogP contribution is 2.11. The lowest BCUT2D eigenvalue weighted by molar-refractivity contribution is 0.542. The van der Waals surface area contributed by atoms with Gasteiger partial charge < -0.3 is 10.2 Å². The maximum Gasteiger partial charge on any atom is 0.309 e. The average molecular weight is 177 g/mol. The Morgan fingerprint density at radius 1 is 1.31 bits per heavy atom. The molecule has 0 saturated carbocycles. The second kappa shape index (κ2) is 4.50. The first-order valence-electron chi connectivity index (χ1n) is 4.10. The van der Waals surface area contributed by atoms with Crippen LogP contribution in [0.1, 0.15) is 5.56 Å². The SMILES string of the molecule is CN(C)c1ccc(CN[C]=O)cc1. The van der Waals surface area contributed by atoms with Crippen molar-refractivity contribution in [2.24, 2.45) is 0 Å². The highest BCUT2D eigenvalue weighted by Gasteiger charge is 1.94. The Bertz CT molecular complexity index is 267. The smallest absolute Gasteiger partial charge is 0.309 e. The first-order chi connectivity index (χ1) is 6.24. The van der Waals surface area contributed by atoms with Gasteiger partial charge in [-0.1, -0.05) is 12.1 Å². The van der Waals surface area contributed by atoms with E-state index in [1.54, 1.807) is 6.41 Å². The maximum atomic E-state index is 9.91. The van der Waals surface area contributed by atoms with Crippen LogP contribution in [0, 0.1) is 0 Å². The van der Waals surface area contributed by atoms with Gasteiger partial charge in [0.05, 0.1) is 0 Å². The van der Waals surface area contributed by atoms with Gasteiger partial charge in [-0.2, -0.15) is 0 Å². The molecule has 3 heteroatoms. The monoisotopic (exact) mass is 177 g/mol. The summed E-state index contributed by atoms with van der Waals surface area (Å²) < 4.78 is 0. The van der Waals surface area contributed by atoms with Gasteiger partial charge in [0, 0.05) is 26.3 Å². The Labute approximate surface area is 78.4 Å². The molecule has 1 N–H and O–H groups in total. The van der Waals surface area contributed by atoms with E-state index in [-0.39, 0.29) is 0 Å². The quantitative estimate of drug-likeness (QED) is 0.693. The summed E-state index contributed by atoms with van der Waals surface area (Å²) in [7, 11) is 3.99. The molecule has 0 aliphatic rings. The van der Waals surface area contributed by atoms with Crippen LogP contribution in [0.25, 0.3) is 0 Å². The Hall–Kier alpha value is -1.51. The third-order valence-corrected chi connectivity index (χ3v) is 1.82. The summed E-state index contributed by atoms with van der Waals surface area (Å²) >= 11 is 0. The molecule has 0 saturated heterocycles. The van der Waals surface area contributed by atoms with Crippen molar-refractivity contribution in [3.8, 4) is 0 Å². The minimum atomic E-state index is 0.539. The Kier molecular flexibility index (Phi) is 3.31. The number of anilines is 1. The van der Waals surface area contributed by atoms with Gasteiger partial charge >= 0.3 is 6.41 Å². The molecule has 0 heterocycles. The lowest BCUT2D eigenvalue weighted by atomic mass is 10.2. The highest BCUT2D eigenvalue weighted by atomic mass is 16.1. The second-order valence-electron chi connectivity index (χ2n) is 3.02. The number of hydrogen-bond acceptors (Lipinski definition) is 2. The van der Waals surface area contributed by atoms with Crippen molar-refractivity contribution in [2.45, 2.75) is 6.54 Å². The first kappa shape index (κ1) is 9.58. The molecular formula is C10H13N2O. The van der Waals surface area contributed by atoms with Crippen molar-refractivity contribution >= 4 is 12.1 Å². The van der Waals surface area contributed by atoms with Gasteiger partial charge in [-0.3, -0.25) is 4.79 Å². The van der Waals surface area contributed by atoms with Gasteiger partial charge in [0.15, 0.2) is 0 Å². The zero-order valence-electron chi connectivity index (χ0n) is 7.87. The molecule has 0 unspecified atom stereocenters. The molecule has 0 atom stereocenters. The normalized spacial score (nSPS) is 9.38. The maximum absolute atomic E-state index is 9.91. The van der Waals surface area contributed by atoms with Gasteiger partial charge in [0.25, 0.3) is 0 Å². The fourth-order valence-electron chi connectivity index (χ4n) is 1.05. The largest absolute Gasteiger partial charge is 0.378 e. The molecule has 0 spiro atoms. The van der Waals surface area contributed by atoms with Gasteiger partial charge in [-0.25, -0.2) is 0 Å². The van der Waals surface area contributed by atoms with Crippen molar-refractivity contribution in [2.75, 3.05) is 19.0 Å². The summed E-state index contributed by atoms with van der Waals surface area (Å²) in [6.07, 6.45) is 1.64. The first-order valence-corrected chi connectivity index (χ1v) is 4.10. The zero-order chi connectivity index (χ0) is 9.68. The molecule has 1 aromatic rings. The molecular weight excluding hydrogens is 164 g/mol. The molecule has 1 aromatic carbocycles. The summed E-state index contributed by atoms with van der Waals surface area (Å²) in [5.74, 6) is 0. The van der Waals surface area contributed by atoms with Crippen LogP contribution in [-0.4, -0.2) is 20.5 Å².